The first-order valence-electron chi connectivity index (χ1n) is 20.3. The Kier molecular flexibility index (Phi) is 11.6. The van der Waals surface area contributed by atoms with Crippen LogP contribution in [0.2, 0.25) is 0 Å². The van der Waals surface area contributed by atoms with Crippen LogP contribution in [-0.4, -0.2) is 88.4 Å². The van der Waals surface area contributed by atoms with Gasteiger partial charge in [-0.25, -0.2) is 36.1 Å². The fourth-order valence-corrected chi connectivity index (χ4v) is 8.88. The average Bonchev–Trinajstić information content (AvgIpc) is 3.61. The zero-order chi connectivity index (χ0) is 44.1. The van der Waals surface area contributed by atoms with Gasteiger partial charge in [-0.3, -0.25) is 14.9 Å². The molecule has 1 amide bonds. The van der Waals surface area contributed by atoms with E-state index in [9.17, 15) is 18.0 Å². The number of alkyl halides is 1. The molecule has 62 heavy (non-hydrogen) atoms. The number of carbonyl (C=O) groups excluding carboxylic acids is 1. The van der Waals surface area contributed by atoms with Crippen LogP contribution in [0.15, 0.2) is 42.6 Å². The number of nitrogens with zero attached hydrogens (tertiary/aromatic N) is 6. The summed E-state index contributed by atoms with van der Waals surface area (Å²) in [6, 6.07) is 6.61. The van der Waals surface area contributed by atoms with Crippen LogP contribution in [0.25, 0.3) is 32.9 Å². The lowest BCUT2D eigenvalue weighted by Gasteiger charge is -2.36. The second kappa shape index (κ2) is 16.8. The molecule has 0 N–H and O–H groups in total. The van der Waals surface area contributed by atoms with Gasteiger partial charge in [-0.15, -0.1) is 6.42 Å². The van der Waals surface area contributed by atoms with E-state index in [0.717, 1.165) is 18.6 Å². The van der Waals surface area contributed by atoms with Crippen molar-refractivity contribution in [3.63, 3.8) is 0 Å². The lowest BCUT2D eigenvalue weighted by molar-refractivity contribution is 0.0232. The van der Waals surface area contributed by atoms with Crippen molar-refractivity contribution in [1.82, 2.24) is 24.9 Å². The first-order chi connectivity index (χ1) is 29.6. The molecular weight excluding hydrogens is 819 g/mol. The summed E-state index contributed by atoms with van der Waals surface area (Å²) in [4.78, 5) is 29.4. The maximum absolute atomic E-state index is 17.5. The Morgan fingerprint density at radius 2 is 1.73 bits per heavy atom. The number of ether oxygens (including phenoxy) is 4. The molecule has 3 saturated heterocycles. The Morgan fingerprint density at radius 1 is 0.968 bits per heavy atom. The fraction of sp³-hybridized carbons (Fsp3) is 0.422. The summed E-state index contributed by atoms with van der Waals surface area (Å²) in [5.41, 5.74) is -2.28. The Labute approximate surface area is 353 Å². The van der Waals surface area contributed by atoms with Gasteiger partial charge in [0, 0.05) is 56.4 Å². The number of carbonyl (C=O) groups is 1. The van der Waals surface area contributed by atoms with Gasteiger partial charge in [0.05, 0.1) is 16.5 Å². The molecule has 0 aliphatic carbocycles. The number of hydrogen-bond acceptors (Lipinski definition) is 10. The maximum Gasteiger partial charge on any atom is 0.429 e. The average molecular weight is 863 g/mol. The number of benzene rings is 3. The highest BCUT2D eigenvalue weighted by atomic mass is 19.2. The van der Waals surface area contributed by atoms with Gasteiger partial charge in [0.1, 0.15) is 41.2 Å². The van der Waals surface area contributed by atoms with E-state index in [2.05, 4.69) is 15.9 Å². The zero-order valence-electron chi connectivity index (χ0n) is 34.5. The third-order valence-corrected chi connectivity index (χ3v) is 11.5. The topological polar surface area (TPSA) is 102 Å². The molecule has 3 fully saturated rings. The Balaban J connectivity index is 1.27. The Bertz CT molecular complexity index is 2580. The molecule has 0 spiro atoms. The van der Waals surface area contributed by atoms with Gasteiger partial charge in [-0.05, 0) is 94.2 Å². The van der Waals surface area contributed by atoms with Crippen molar-refractivity contribution >= 4 is 33.6 Å². The minimum atomic E-state index is -1.60. The number of aromatic nitrogens is 3. The van der Waals surface area contributed by atoms with Crippen molar-refractivity contribution in [2.45, 2.75) is 82.6 Å². The summed E-state index contributed by atoms with van der Waals surface area (Å²) in [6.45, 7) is 5.27. The van der Waals surface area contributed by atoms with E-state index < -0.39 is 58.5 Å². The summed E-state index contributed by atoms with van der Waals surface area (Å²) in [6.07, 6.45) is 7.86. The van der Waals surface area contributed by atoms with E-state index in [1.54, 1.807) is 36.7 Å². The highest BCUT2D eigenvalue weighted by Gasteiger charge is 2.54. The molecule has 3 aromatic carbocycles. The van der Waals surface area contributed by atoms with Crippen LogP contribution < -0.4 is 14.5 Å². The molecule has 0 radical (unpaired) electrons. The van der Waals surface area contributed by atoms with E-state index in [0.29, 0.717) is 31.1 Å². The van der Waals surface area contributed by atoms with Crippen molar-refractivity contribution in [3.05, 3.63) is 82.8 Å². The van der Waals surface area contributed by atoms with E-state index in [4.69, 9.17) is 30.4 Å². The SMILES string of the molecule is C#Cc1c(F)ccc2cc(OCOC)cc(-c3ncc4c(N5CCCCCN5C(=O)OC(C)(C)C)nc(OC[C@@]56CC[C@H](c7cc(F)c(F)c(F)c7)N5C[C@H](F)C6)nc4c3F)c12. The second-order valence-electron chi connectivity index (χ2n) is 16.8. The summed E-state index contributed by atoms with van der Waals surface area (Å²) in [5.74, 6) is -3.28. The minimum absolute atomic E-state index is 0.000296. The van der Waals surface area contributed by atoms with E-state index in [1.807, 2.05) is 0 Å². The van der Waals surface area contributed by atoms with E-state index >= 15 is 13.2 Å². The molecule has 3 atom stereocenters. The molecular formula is C45H44F6N6O5. The largest absolute Gasteiger partial charge is 0.468 e. The van der Waals surface area contributed by atoms with Crippen molar-refractivity contribution in [3.8, 4) is 35.4 Å². The Hall–Kier alpha value is -5.86. The van der Waals surface area contributed by atoms with E-state index in [1.165, 1.54) is 36.5 Å². The van der Waals surface area contributed by atoms with Crippen LogP contribution in [0.3, 0.4) is 0 Å². The number of terminal acetylenes is 1. The van der Waals surface area contributed by atoms with Crippen molar-refractivity contribution < 1.29 is 50.1 Å². The molecule has 2 aromatic heterocycles. The molecule has 3 aliphatic rings. The van der Waals surface area contributed by atoms with Crippen molar-refractivity contribution in [1.29, 1.82) is 0 Å². The number of methoxy groups -OCH3 is 1. The number of fused-ring (bicyclic) bond motifs is 3. The molecule has 17 heteroatoms. The number of anilines is 1. The summed E-state index contributed by atoms with van der Waals surface area (Å²) in [7, 11) is 1.43. The molecule has 5 aromatic rings. The van der Waals surface area contributed by atoms with Gasteiger partial charge in [0.2, 0.25) is 0 Å². The molecule has 0 bridgehead atoms. The number of rotatable bonds is 9. The third kappa shape index (κ3) is 8.01. The predicted octanol–water partition coefficient (Wildman–Crippen LogP) is 9.34. The van der Waals surface area contributed by atoms with Gasteiger partial charge in [0.15, 0.2) is 35.9 Å². The summed E-state index contributed by atoms with van der Waals surface area (Å²) in [5, 5.41) is 3.70. The van der Waals surface area contributed by atoms with Crippen LogP contribution >= 0.6 is 0 Å². The number of halogens is 6. The van der Waals surface area contributed by atoms with Gasteiger partial charge < -0.3 is 18.9 Å². The molecule has 3 aliphatic heterocycles. The van der Waals surface area contributed by atoms with Crippen molar-refractivity contribution in [2.75, 3.05) is 45.2 Å². The lowest BCUT2D eigenvalue weighted by Crippen LogP contribution is -2.49. The molecule has 0 unspecified atom stereocenters. The molecule has 11 nitrogen and oxygen atoms in total. The normalized spacial score (nSPS) is 20.7. The third-order valence-electron chi connectivity index (χ3n) is 11.5. The van der Waals surface area contributed by atoms with Gasteiger partial charge in [-0.1, -0.05) is 12.0 Å². The number of hydrogen-bond donors (Lipinski definition) is 0. The van der Waals surface area contributed by atoms with Gasteiger partial charge in [-0.2, -0.15) is 9.97 Å². The van der Waals surface area contributed by atoms with Crippen LogP contribution in [0.5, 0.6) is 11.8 Å². The highest BCUT2D eigenvalue weighted by Crippen LogP contribution is 2.50. The monoisotopic (exact) mass is 862 g/mol. The summed E-state index contributed by atoms with van der Waals surface area (Å²) < 4.78 is 114. The quantitative estimate of drug-likeness (QED) is 0.0617. The second-order valence-corrected chi connectivity index (χ2v) is 16.8. The number of pyridine rings is 1. The van der Waals surface area contributed by atoms with Crippen LogP contribution in [0.1, 0.15) is 76.5 Å². The molecule has 0 saturated carbocycles. The van der Waals surface area contributed by atoms with E-state index in [-0.39, 0.29) is 95.7 Å². The number of hydrazine groups is 1. The summed E-state index contributed by atoms with van der Waals surface area (Å²) >= 11 is 0. The maximum atomic E-state index is 17.5. The zero-order valence-corrected chi connectivity index (χ0v) is 34.5. The standard InChI is InChI=1S/C45H44F6N6O5/c1-6-29-32(47)11-10-25-16-28(61-24-59-5)19-30(36(25)29)39-38(51)40-31(21-52-39)41(56-14-8-7-9-15-57(56)43(58)62-44(2,3)4)54-42(53-40)60-23-45-13-12-35(55(45)22-27(46)20-45)26-17-33(48)37(50)34(49)18-26/h1,10-11,16-19,21,27,35H,7-9,12-15,20,22-24H2,2-5H3/t27-,35-,45+/m1/s1. The Morgan fingerprint density at radius 3 is 2.45 bits per heavy atom. The predicted molar refractivity (Wildman–Crippen MR) is 218 cm³/mol. The first-order valence-corrected chi connectivity index (χ1v) is 20.3. The van der Waals surface area contributed by atoms with Crippen LogP contribution in [0, 0.1) is 41.4 Å². The van der Waals surface area contributed by atoms with Crippen molar-refractivity contribution in [2.24, 2.45) is 0 Å². The minimum Gasteiger partial charge on any atom is -0.468 e. The first kappa shape index (κ1) is 42.8. The number of amides is 1. The van der Waals surface area contributed by atoms with Gasteiger partial charge in [0.25, 0.3) is 0 Å². The lowest BCUT2D eigenvalue weighted by atomic mass is 9.94. The highest BCUT2D eigenvalue weighted by molar-refractivity contribution is 6.03. The van der Waals surface area contributed by atoms with Crippen LogP contribution in [0.4, 0.5) is 37.0 Å². The fourth-order valence-electron chi connectivity index (χ4n) is 8.88. The van der Waals surface area contributed by atoms with Gasteiger partial charge >= 0.3 is 12.1 Å². The molecule has 5 heterocycles. The molecule has 8 rings (SSSR count). The smallest absolute Gasteiger partial charge is 0.429 e. The van der Waals surface area contributed by atoms with Crippen LogP contribution in [-0.2, 0) is 9.47 Å². The molecule has 326 valence electrons.